The van der Waals surface area contributed by atoms with Crippen molar-refractivity contribution in [3.63, 3.8) is 0 Å². The van der Waals surface area contributed by atoms with Gasteiger partial charge in [-0.05, 0) is 23.6 Å². The molecule has 0 bridgehead atoms. The summed E-state index contributed by atoms with van der Waals surface area (Å²) >= 11 is 0. The Kier molecular flexibility index (Phi) is 4.59. The van der Waals surface area contributed by atoms with Gasteiger partial charge in [-0.1, -0.05) is 27.4 Å². The lowest BCUT2D eigenvalue weighted by Crippen LogP contribution is -2.15. The zero-order chi connectivity index (χ0) is 14.6. The van der Waals surface area contributed by atoms with Crippen LogP contribution in [0.1, 0.15) is 26.3 Å². The number of carbonyl (C=O) groups is 1. The lowest BCUT2D eigenvalue weighted by molar-refractivity contribution is -0.133. The van der Waals surface area contributed by atoms with Gasteiger partial charge in [0.15, 0.2) is 0 Å². The van der Waals surface area contributed by atoms with Gasteiger partial charge in [0, 0.05) is 5.56 Å². The van der Waals surface area contributed by atoms with E-state index in [0.717, 1.165) is 11.3 Å². The van der Waals surface area contributed by atoms with Crippen molar-refractivity contribution in [2.24, 2.45) is 0 Å². The second-order valence-electron chi connectivity index (χ2n) is 5.31. The predicted molar refractivity (Wildman–Crippen MR) is 74.0 cm³/mol. The van der Waals surface area contributed by atoms with E-state index in [9.17, 15) is 4.79 Å². The van der Waals surface area contributed by atoms with Gasteiger partial charge < -0.3 is 14.6 Å². The normalized spacial score (nSPS) is 10.9. The van der Waals surface area contributed by atoms with Gasteiger partial charge in [0.1, 0.15) is 18.1 Å². The van der Waals surface area contributed by atoms with Crippen LogP contribution in [0.3, 0.4) is 0 Å². The maximum Gasteiger partial charge on any atom is 0.334 e. The van der Waals surface area contributed by atoms with Crippen LogP contribution in [0.2, 0.25) is 0 Å². The van der Waals surface area contributed by atoms with Gasteiger partial charge in [0.25, 0.3) is 0 Å². The first-order valence-corrected chi connectivity index (χ1v) is 5.98. The highest BCUT2D eigenvalue weighted by atomic mass is 16.5. The summed E-state index contributed by atoms with van der Waals surface area (Å²) < 4.78 is 10.8. The van der Waals surface area contributed by atoms with Crippen LogP contribution in [0.25, 0.3) is 0 Å². The van der Waals surface area contributed by atoms with Crippen molar-refractivity contribution < 1.29 is 19.4 Å². The summed E-state index contributed by atoms with van der Waals surface area (Å²) in [5.41, 5.74) is 0.856. The van der Waals surface area contributed by atoms with E-state index in [1.54, 1.807) is 19.2 Å². The first kappa shape index (κ1) is 15.1. The number of hydrogen-bond acceptors (Lipinski definition) is 3. The van der Waals surface area contributed by atoms with E-state index in [1.807, 2.05) is 6.07 Å². The molecule has 1 aromatic rings. The van der Waals surface area contributed by atoms with Crippen LogP contribution in [0, 0.1) is 0 Å². The highest BCUT2D eigenvalue weighted by Gasteiger charge is 2.20. The molecule has 4 nitrogen and oxygen atoms in total. The molecule has 1 N–H and O–H groups in total. The second kappa shape index (κ2) is 5.78. The number of hydrogen-bond donors (Lipinski definition) is 1. The first-order valence-electron chi connectivity index (χ1n) is 5.98. The van der Waals surface area contributed by atoms with E-state index in [-0.39, 0.29) is 17.6 Å². The molecule has 104 valence electrons. The molecule has 0 amide bonds. The molecular formula is C15H20O4. The van der Waals surface area contributed by atoms with Crippen molar-refractivity contribution in [2.75, 3.05) is 13.7 Å². The third kappa shape index (κ3) is 4.02. The van der Waals surface area contributed by atoms with Crippen LogP contribution in [0.4, 0.5) is 0 Å². The fraction of sp³-hybridized carbons (Fsp3) is 0.400. The van der Waals surface area contributed by atoms with Crippen molar-refractivity contribution in [2.45, 2.75) is 26.2 Å². The summed E-state index contributed by atoms with van der Waals surface area (Å²) in [5.74, 6) is 0.343. The summed E-state index contributed by atoms with van der Waals surface area (Å²) in [6.45, 7) is 9.58. The standard InChI is InChI=1S/C15H20O4/c1-10(14(16)17)9-19-13-7-6-11(18-5)8-12(13)15(2,3)4/h6-8H,1,9H2,2-5H3,(H,16,17). The van der Waals surface area contributed by atoms with Gasteiger partial charge in [-0.3, -0.25) is 0 Å². The van der Waals surface area contributed by atoms with Crippen molar-refractivity contribution in [3.05, 3.63) is 35.9 Å². The van der Waals surface area contributed by atoms with Gasteiger partial charge in [0.05, 0.1) is 12.7 Å². The zero-order valence-corrected chi connectivity index (χ0v) is 11.8. The van der Waals surface area contributed by atoms with Crippen molar-refractivity contribution >= 4 is 5.97 Å². The van der Waals surface area contributed by atoms with Gasteiger partial charge in [-0.25, -0.2) is 4.79 Å². The van der Waals surface area contributed by atoms with Crippen LogP contribution < -0.4 is 9.47 Å². The number of benzene rings is 1. The van der Waals surface area contributed by atoms with Gasteiger partial charge in [-0.15, -0.1) is 0 Å². The van der Waals surface area contributed by atoms with Gasteiger partial charge in [0.2, 0.25) is 0 Å². The third-order valence-electron chi connectivity index (χ3n) is 2.70. The SMILES string of the molecule is C=C(COc1ccc(OC)cc1C(C)(C)C)C(=O)O. The maximum atomic E-state index is 10.7. The Labute approximate surface area is 113 Å². The summed E-state index contributed by atoms with van der Waals surface area (Å²) in [6, 6.07) is 5.47. The van der Waals surface area contributed by atoms with Crippen molar-refractivity contribution in [3.8, 4) is 11.5 Å². The number of carboxylic acids is 1. The molecule has 0 atom stereocenters. The minimum absolute atomic E-state index is 0.0238. The van der Waals surface area contributed by atoms with Crippen LogP contribution in [0.15, 0.2) is 30.4 Å². The van der Waals surface area contributed by atoms with Crippen molar-refractivity contribution in [1.82, 2.24) is 0 Å². The largest absolute Gasteiger partial charge is 0.497 e. The Morgan fingerprint density at radius 1 is 1.37 bits per heavy atom. The Balaban J connectivity index is 3.00. The number of carboxylic acid groups (broad SMARTS) is 1. The molecule has 0 aliphatic rings. The van der Waals surface area contributed by atoms with Crippen LogP contribution in [-0.2, 0) is 10.2 Å². The molecule has 0 aliphatic carbocycles. The van der Waals surface area contributed by atoms with E-state index in [1.165, 1.54) is 0 Å². The molecule has 0 aromatic heterocycles. The van der Waals surface area contributed by atoms with E-state index < -0.39 is 5.97 Å². The summed E-state index contributed by atoms with van der Waals surface area (Å²) in [4.78, 5) is 10.7. The molecule has 0 fully saturated rings. The highest BCUT2D eigenvalue weighted by molar-refractivity contribution is 5.86. The molecule has 0 spiro atoms. The maximum absolute atomic E-state index is 10.7. The van der Waals surface area contributed by atoms with E-state index in [4.69, 9.17) is 14.6 Å². The average molecular weight is 264 g/mol. The van der Waals surface area contributed by atoms with Crippen LogP contribution in [0.5, 0.6) is 11.5 Å². The third-order valence-corrected chi connectivity index (χ3v) is 2.70. The van der Waals surface area contributed by atoms with Gasteiger partial charge in [-0.2, -0.15) is 0 Å². The fourth-order valence-corrected chi connectivity index (χ4v) is 1.57. The van der Waals surface area contributed by atoms with Crippen molar-refractivity contribution in [1.29, 1.82) is 0 Å². The van der Waals surface area contributed by atoms with E-state index >= 15 is 0 Å². The number of ether oxygens (including phenoxy) is 2. The number of aliphatic carboxylic acids is 1. The molecule has 4 heteroatoms. The molecule has 0 saturated carbocycles. The minimum Gasteiger partial charge on any atom is -0.497 e. The second-order valence-corrected chi connectivity index (χ2v) is 5.31. The smallest absolute Gasteiger partial charge is 0.334 e. The first-order chi connectivity index (χ1) is 8.75. The van der Waals surface area contributed by atoms with Gasteiger partial charge >= 0.3 is 5.97 Å². The minimum atomic E-state index is -1.05. The molecule has 0 heterocycles. The van der Waals surface area contributed by atoms with Crippen LogP contribution in [-0.4, -0.2) is 24.8 Å². The topological polar surface area (TPSA) is 55.8 Å². The molecule has 1 rings (SSSR count). The molecule has 0 saturated heterocycles. The Morgan fingerprint density at radius 3 is 2.47 bits per heavy atom. The molecule has 0 radical (unpaired) electrons. The molecular weight excluding hydrogens is 244 g/mol. The summed E-state index contributed by atoms with van der Waals surface area (Å²) in [6.07, 6.45) is 0. The summed E-state index contributed by atoms with van der Waals surface area (Å²) in [7, 11) is 1.61. The monoisotopic (exact) mass is 264 g/mol. The molecule has 0 unspecified atom stereocenters. The lowest BCUT2D eigenvalue weighted by atomic mass is 9.86. The number of methoxy groups -OCH3 is 1. The highest BCUT2D eigenvalue weighted by Crippen LogP contribution is 2.34. The Hall–Kier alpha value is -1.97. The Morgan fingerprint density at radius 2 is 2.00 bits per heavy atom. The predicted octanol–water partition coefficient (Wildman–Crippen LogP) is 3.01. The van der Waals surface area contributed by atoms with E-state index in [0.29, 0.717) is 5.75 Å². The molecule has 0 aliphatic heterocycles. The quantitative estimate of drug-likeness (QED) is 0.831. The zero-order valence-electron chi connectivity index (χ0n) is 11.8. The summed E-state index contributed by atoms with van der Waals surface area (Å²) in [5, 5.41) is 8.77. The van der Waals surface area contributed by atoms with Crippen LogP contribution >= 0.6 is 0 Å². The Bertz CT molecular complexity index is 483. The average Bonchev–Trinajstić information content (AvgIpc) is 2.34. The molecule has 19 heavy (non-hydrogen) atoms. The lowest BCUT2D eigenvalue weighted by Gasteiger charge is -2.23. The molecule has 1 aromatic carbocycles. The fourth-order valence-electron chi connectivity index (χ4n) is 1.57. The number of rotatable bonds is 5. The van der Waals surface area contributed by atoms with E-state index in [2.05, 4.69) is 27.4 Å².